The van der Waals surface area contributed by atoms with Crippen LogP contribution in [0.15, 0.2) is 48.5 Å². The van der Waals surface area contributed by atoms with Crippen LogP contribution in [0, 0.1) is 21.9 Å². The Kier molecular flexibility index (Phi) is 6.34. The summed E-state index contributed by atoms with van der Waals surface area (Å²) < 4.78 is 18.2. The third-order valence-electron chi connectivity index (χ3n) is 4.52. The van der Waals surface area contributed by atoms with Gasteiger partial charge in [0.15, 0.2) is 10.6 Å². The molecule has 1 heterocycles. The monoisotopic (exact) mass is 395 g/mol. The van der Waals surface area contributed by atoms with Gasteiger partial charge in [-0.15, -0.1) is 0 Å². The molecule has 0 aliphatic heterocycles. The summed E-state index contributed by atoms with van der Waals surface area (Å²) in [7, 11) is 1.80. The van der Waals surface area contributed by atoms with Crippen molar-refractivity contribution in [2.45, 2.75) is 26.6 Å². The quantitative estimate of drug-likeness (QED) is 0.553. The summed E-state index contributed by atoms with van der Waals surface area (Å²) in [6.45, 7) is 4.21. The third kappa shape index (κ3) is 4.35. The highest BCUT2D eigenvalue weighted by atomic mass is 32.1. The molecule has 0 atom stereocenters. The zero-order valence-electron chi connectivity index (χ0n) is 16.0. The van der Waals surface area contributed by atoms with Crippen molar-refractivity contribution < 1.29 is 4.39 Å². The van der Waals surface area contributed by atoms with Crippen molar-refractivity contribution in [3.63, 3.8) is 0 Å². The average molecular weight is 396 g/mol. The highest BCUT2D eigenvalue weighted by Crippen LogP contribution is 2.21. The average Bonchev–Trinajstić information content (AvgIpc) is 2.97. The van der Waals surface area contributed by atoms with Gasteiger partial charge in [0.25, 0.3) is 0 Å². The van der Waals surface area contributed by atoms with Crippen LogP contribution in [0.2, 0.25) is 0 Å². The van der Waals surface area contributed by atoms with Crippen LogP contribution in [0.4, 0.5) is 4.39 Å². The molecule has 0 aliphatic rings. The molecule has 0 radical (unpaired) electrons. The minimum atomic E-state index is -0.319. The summed E-state index contributed by atoms with van der Waals surface area (Å²) in [6.07, 6.45) is 0.983. The number of aromatic nitrogens is 3. The second kappa shape index (κ2) is 8.91. The van der Waals surface area contributed by atoms with Crippen molar-refractivity contribution in [3.8, 4) is 17.5 Å². The van der Waals surface area contributed by atoms with Gasteiger partial charge in [0.05, 0.1) is 23.9 Å². The van der Waals surface area contributed by atoms with Gasteiger partial charge in [0.1, 0.15) is 5.82 Å². The topological polar surface area (TPSA) is 49.8 Å². The van der Waals surface area contributed by atoms with Gasteiger partial charge in [-0.2, -0.15) is 10.4 Å². The van der Waals surface area contributed by atoms with Gasteiger partial charge in [0, 0.05) is 13.6 Å². The molecule has 0 aliphatic carbocycles. The van der Waals surface area contributed by atoms with Gasteiger partial charge < -0.3 is 4.57 Å². The number of hydrogen-bond donors (Lipinski definition) is 0. The van der Waals surface area contributed by atoms with Crippen LogP contribution in [-0.4, -0.2) is 25.8 Å². The molecule has 1 aromatic heterocycles. The SMILES string of the molecule is CCCN(Cc1ccc(C#N)cc1)Cn1nc(-c2ccccc2F)n(C)c1=S. The maximum atomic E-state index is 14.2. The van der Waals surface area contributed by atoms with E-state index in [0.29, 0.717) is 34.9 Å². The Morgan fingerprint density at radius 3 is 2.54 bits per heavy atom. The number of rotatable bonds is 7. The Labute approximate surface area is 169 Å². The molecular weight excluding hydrogens is 373 g/mol. The molecule has 3 aromatic rings. The Balaban J connectivity index is 1.85. The first-order chi connectivity index (χ1) is 13.5. The molecule has 3 rings (SSSR count). The van der Waals surface area contributed by atoms with Gasteiger partial charge in [-0.1, -0.05) is 31.2 Å². The largest absolute Gasteiger partial charge is 0.303 e. The predicted octanol–water partition coefficient (Wildman–Crippen LogP) is 4.50. The van der Waals surface area contributed by atoms with E-state index in [0.717, 1.165) is 18.5 Å². The zero-order chi connectivity index (χ0) is 20.1. The molecule has 0 amide bonds. The minimum Gasteiger partial charge on any atom is -0.303 e. The highest BCUT2D eigenvalue weighted by Gasteiger charge is 2.15. The summed E-state index contributed by atoms with van der Waals surface area (Å²) in [5.41, 5.74) is 2.19. The molecule has 0 spiro atoms. The smallest absolute Gasteiger partial charge is 0.199 e. The fourth-order valence-electron chi connectivity index (χ4n) is 3.11. The van der Waals surface area contributed by atoms with Crippen LogP contribution < -0.4 is 0 Å². The normalized spacial score (nSPS) is 11.0. The Bertz CT molecular complexity index is 1050. The fraction of sp³-hybridized carbons (Fsp3) is 0.286. The molecule has 0 bridgehead atoms. The lowest BCUT2D eigenvalue weighted by molar-refractivity contribution is 0.197. The highest BCUT2D eigenvalue weighted by molar-refractivity contribution is 7.71. The molecule has 5 nitrogen and oxygen atoms in total. The predicted molar refractivity (Wildman–Crippen MR) is 109 cm³/mol. The number of nitrogens with zero attached hydrogens (tertiary/aromatic N) is 5. The van der Waals surface area contributed by atoms with Gasteiger partial charge >= 0.3 is 0 Å². The van der Waals surface area contributed by atoms with E-state index >= 15 is 0 Å². The zero-order valence-corrected chi connectivity index (χ0v) is 16.8. The molecule has 0 saturated heterocycles. The van der Waals surface area contributed by atoms with Gasteiger partial charge in [-0.05, 0) is 55.0 Å². The van der Waals surface area contributed by atoms with Crippen LogP contribution in [0.5, 0.6) is 0 Å². The minimum absolute atomic E-state index is 0.319. The molecule has 28 heavy (non-hydrogen) atoms. The molecule has 0 fully saturated rings. The Hall–Kier alpha value is -2.82. The van der Waals surface area contributed by atoms with Crippen LogP contribution in [-0.2, 0) is 20.3 Å². The first kappa shape index (κ1) is 19.9. The van der Waals surface area contributed by atoms with Crippen LogP contribution >= 0.6 is 12.2 Å². The second-order valence-corrected chi connectivity index (χ2v) is 7.01. The number of nitriles is 1. The molecule has 2 aromatic carbocycles. The lowest BCUT2D eigenvalue weighted by Gasteiger charge is -2.21. The third-order valence-corrected chi connectivity index (χ3v) is 5.00. The van der Waals surface area contributed by atoms with Crippen molar-refractivity contribution in [2.24, 2.45) is 7.05 Å². The van der Waals surface area contributed by atoms with E-state index in [2.05, 4.69) is 23.0 Å². The van der Waals surface area contributed by atoms with E-state index < -0.39 is 0 Å². The van der Waals surface area contributed by atoms with E-state index in [1.54, 1.807) is 34.5 Å². The summed E-state index contributed by atoms with van der Waals surface area (Å²) in [5.74, 6) is 0.193. The van der Waals surface area contributed by atoms with E-state index in [1.165, 1.54) is 6.07 Å². The molecule has 0 saturated carbocycles. The second-order valence-electron chi connectivity index (χ2n) is 6.65. The summed E-state index contributed by atoms with van der Waals surface area (Å²) >= 11 is 5.54. The summed E-state index contributed by atoms with van der Waals surface area (Å²) in [5, 5.41) is 13.5. The first-order valence-corrected chi connectivity index (χ1v) is 9.54. The summed E-state index contributed by atoms with van der Waals surface area (Å²) in [6, 6.07) is 16.3. The van der Waals surface area contributed by atoms with Crippen LogP contribution in [0.3, 0.4) is 0 Å². The van der Waals surface area contributed by atoms with E-state index in [9.17, 15) is 4.39 Å². The lowest BCUT2D eigenvalue weighted by Crippen LogP contribution is -2.27. The number of halogens is 1. The van der Waals surface area contributed by atoms with E-state index in [4.69, 9.17) is 17.5 Å². The molecular formula is C21H22FN5S. The van der Waals surface area contributed by atoms with Crippen molar-refractivity contribution in [3.05, 3.63) is 70.2 Å². The van der Waals surface area contributed by atoms with Gasteiger partial charge in [0.2, 0.25) is 0 Å². The molecule has 7 heteroatoms. The van der Waals surface area contributed by atoms with Crippen LogP contribution in [0.25, 0.3) is 11.4 Å². The standard InChI is InChI=1S/C21H22FN5S/c1-3-12-26(14-17-10-8-16(13-23)9-11-17)15-27-21(28)25(2)20(24-27)18-6-4-5-7-19(18)22/h4-11H,3,12,14-15H2,1-2H3. The summed E-state index contributed by atoms with van der Waals surface area (Å²) in [4.78, 5) is 2.23. The maximum Gasteiger partial charge on any atom is 0.199 e. The van der Waals surface area contributed by atoms with E-state index in [1.807, 2.05) is 24.3 Å². The van der Waals surface area contributed by atoms with Crippen LogP contribution in [0.1, 0.15) is 24.5 Å². The van der Waals surface area contributed by atoms with Crippen molar-refractivity contribution >= 4 is 12.2 Å². The molecule has 0 unspecified atom stereocenters. The van der Waals surface area contributed by atoms with Crippen molar-refractivity contribution in [2.75, 3.05) is 6.54 Å². The molecule has 144 valence electrons. The maximum absolute atomic E-state index is 14.2. The Morgan fingerprint density at radius 1 is 1.18 bits per heavy atom. The van der Waals surface area contributed by atoms with Crippen molar-refractivity contribution in [1.29, 1.82) is 5.26 Å². The number of hydrogen-bond acceptors (Lipinski definition) is 4. The Morgan fingerprint density at radius 2 is 1.89 bits per heavy atom. The van der Waals surface area contributed by atoms with Gasteiger partial charge in [-0.25, -0.2) is 9.07 Å². The fourth-order valence-corrected chi connectivity index (χ4v) is 3.29. The van der Waals surface area contributed by atoms with E-state index in [-0.39, 0.29) is 5.82 Å². The number of benzene rings is 2. The first-order valence-electron chi connectivity index (χ1n) is 9.13. The van der Waals surface area contributed by atoms with Crippen molar-refractivity contribution in [1.82, 2.24) is 19.2 Å². The van der Waals surface area contributed by atoms with Gasteiger partial charge in [-0.3, -0.25) is 4.90 Å². The molecule has 0 N–H and O–H groups in total. The lowest BCUT2D eigenvalue weighted by atomic mass is 10.1.